The number of benzene rings is 6. The molecule has 0 spiro atoms. The first kappa shape index (κ1) is 14.5. The summed E-state index contributed by atoms with van der Waals surface area (Å²) in [4.78, 5) is 8.83. The van der Waals surface area contributed by atoms with E-state index in [4.69, 9.17) is 26.3 Å². The van der Waals surface area contributed by atoms with Crippen molar-refractivity contribution in [2.75, 3.05) is 0 Å². The molecule has 10 rings (SSSR count). The Bertz CT molecular complexity index is 3750. The first-order valence-electron chi connectivity index (χ1n) is 23.5. The van der Waals surface area contributed by atoms with Crippen molar-refractivity contribution >= 4 is 53.6 Å². The normalized spacial score (nSPS) is 18.9. The lowest BCUT2D eigenvalue weighted by Gasteiger charge is -2.22. The lowest BCUT2D eigenvalue weighted by molar-refractivity contribution is 0.660. The zero-order valence-electron chi connectivity index (χ0n) is 42.5. The summed E-state index contributed by atoms with van der Waals surface area (Å²) in [7, 11) is 0. The minimum Gasteiger partial charge on any atom is -0.452 e. The molecule has 0 radical (unpaired) electrons. The van der Waals surface area contributed by atoms with Crippen molar-refractivity contribution in [1.82, 2.24) is 9.97 Å². The lowest BCUT2D eigenvalue weighted by atomic mass is 9.81. The highest BCUT2D eigenvalue weighted by Gasteiger charge is 2.35. The molecule has 0 atom stereocenters. The SMILES string of the molecule is [2H]c1c([2H])c(-c2ncnc3c2oc2ccc(-c4c([2H])c([2H])c5c(c4[2H])C(C)(C)c4c([2H])c([2H])c([2H])c([2H])c4-5)cc23)c([2H])c(-c2c([2H])c([2H])c([2H])c3c2sc2c([2H])c([2H])c([2H])c([2H])c23)c1[2H]. The quantitative estimate of drug-likeness (QED) is 0.193. The molecule has 0 fully saturated rings. The van der Waals surface area contributed by atoms with Crippen LogP contribution in [0.2, 0.25) is 0 Å². The zero-order valence-corrected chi connectivity index (χ0v) is 25.3. The molecule has 4 heteroatoms. The van der Waals surface area contributed by atoms with Gasteiger partial charge in [0.1, 0.15) is 23.1 Å². The second-order valence-corrected chi connectivity index (χ2v) is 12.6. The molecule has 1 aliphatic carbocycles. The third-order valence-electron chi connectivity index (χ3n) is 8.59. The van der Waals surface area contributed by atoms with E-state index in [2.05, 4.69) is 9.97 Å². The second-order valence-electron chi connectivity index (χ2n) is 11.6. The Balaban J connectivity index is 1.20. The standard InChI is InChI=1S/C43H28N2OS/c1-43(2)35-15-5-3-11-30(35)31-19-17-26(23-36(31)43)25-18-20-37-34(22-25)40-41(46-37)39(44-24-45-40)28-10-7-9-27(21-28)29-13-8-14-33-32-12-4-6-16-38(32)47-42(29)33/h3-24H,1-2H3/i3D,4D,5D,6D,7D,8D,9D,10D,11D,12D,13D,14D,15D,16D,17D,19D,21D,23D. The van der Waals surface area contributed by atoms with Crippen LogP contribution in [0.3, 0.4) is 0 Å². The highest BCUT2D eigenvalue weighted by atomic mass is 32.1. The Morgan fingerprint density at radius 3 is 2.38 bits per heavy atom. The summed E-state index contributed by atoms with van der Waals surface area (Å²) < 4.78 is 165. The topological polar surface area (TPSA) is 38.9 Å². The monoisotopic (exact) mass is 638 g/mol. The van der Waals surface area contributed by atoms with Gasteiger partial charge in [0.2, 0.25) is 0 Å². The molecular formula is C43H28N2OS. The maximum Gasteiger partial charge on any atom is 0.180 e. The molecule has 1 aliphatic rings. The number of furan rings is 1. The fourth-order valence-corrected chi connectivity index (χ4v) is 7.37. The predicted octanol–water partition coefficient (Wildman–Crippen LogP) is 12.1. The van der Waals surface area contributed by atoms with Crippen molar-refractivity contribution < 1.29 is 29.1 Å². The summed E-state index contributed by atoms with van der Waals surface area (Å²) in [6.45, 7) is 3.43. The molecule has 0 amide bonds. The number of hydrogen-bond acceptors (Lipinski definition) is 4. The van der Waals surface area contributed by atoms with Gasteiger partial charge in [0.15, 0.2) is 5.58 Å². The molecule has 0 unspecified atom stereocenters. The number of rotatable bonds is 3. The van der Waals surface area contributed by atoms with Crippen LogP contribution in [0, 0.1) is 0 Å². The smallest absolute Gasteiger partial charge is 0.180 e. The molecular weight excluding hydrogens is 593 g/mol. The van der Waals surface area contributed by atoms with Crippen LogP contribution in [0.25, 0.3) is 86.9 Å². The minimum absolute atomic E-state index is 0.0203. The van der Waals surface area contributed by atoms with Crippen molar-refractivity contribution in [2.24, 2.45) is 0 Å². The van der Waals surface area contributed by atoms with Gasteiger partial charge in [-0.2, -0.15) is 0 Å². The lowest BCUT2D eigenvalue weighted by Crippen LogP contribution is -2.14. The molecule has 0 aliphatic heterocycles. The van der Waals surface area contributed by atoms with Gasteiger partial charge in [0.25, 0.3) is 0 Å². The van der Waals surface area contributed by atoms with Crippen molar-refractivity contribution in [3.05, 3.63) is 144 Å². The van der Waals surface area contributed by atoms with Crippen LogP contribution in [0.15, 0.2) is 138 Å². The van der Waals surface area contributed by atoms with E-state index < -0.39 is 84.0 Å². The van der Waals surface area contributed by atoms with Gasteiger partial charge in [-0.1, -0.05) is 111 Å². The molecule has 0 bridgehead atoms. The van der Waals surface area contributed by atoms with Crippen molar-refractivity contribution in [1.29, 1.82) is 0 Å². The first-order valence-corrected chi connectivity index (χ1v) is 15.3. The molecule has 47 heavy (non-hydrogen) atoms. The molecule has 3 nitrogen and oxygen atoms in total. The van der Waals surface area contributed by atoms with Gasteiger partial charge in [0.05, 0.1) is 24.7 Å². The van der Waals surface area contributed by atoms with Gasteiger partial charge in [-0.05, 0) is 74.8 Å². The summed E-state index contributed by atoms with van der Waals surface area (Å²) in [6, 6.07) is -3.96. The number of aromatic nitrogens is 2. The minimum atomic E-state index is -1.15. The molecule has 3 aromatic heterocycles. The fourth-order valence-electron chi connectivity index (χ4n) is 6.30. The van der Waals surface area contributed by atoms with Gasteiger partial charge in [-0.25, -0.2) is 9.97 Å². The highest BCUT2D eigenvalue weighted by Crippen LogP contribution is 2.50. The van der Waals surface area contributed by atoms with Crippen LogP contribution in [0.1, 0.15) is 49.6 Å². The Hall–Kier alpha value is -5.58. The Kier molecular flexibility index (Phi) is 2.99. The Morgan fingerprint density at radius 2 is 1.43 bits per heavy atom. The van der Waals surface area contributed by atoms with E-state index in [-0.39, 0.29) is 117 Å². The average molecular weight is 639 g/mol. The van der Waals surface area contributed by atoms with Crippen molar-refractivity contribution in [3.63, 3.8) is 0 Å². The summed E-state index contributed by atoms with van der Waals surface area (Å²) in [5, 5.41) is 0.189. The molecule has 0 saturated carbocycles. The van der Waals surface area contributed by atoms with E-state index in [1.165, 1.54) is 0 Å². The van der Waals surface area contributed by atoms with Crippen LogP contribution in [0.4, 0.5) is 0 Å². The van der Waals surface area contributed by atoms with Crippen molar-refractivity contribution in [2.45, 2.75) is 19.3 Å². The van der Waals surface area contributed by atoms with Gasteiger partial charge >= 0.3 is 0 Å². The third kappa shape index (κ3) is 3.85. The van der Waals surface area contributed by atoms with Gasteiger partial charge in [-0.3, -0.25) is 0 Å². The molecule has 3 heterocycles. The first-order chi connectivity index (χ1) is 30.6. The summed E-state index contributed by atoms with van der Waals surface area (Å²) in [6.07, 6.45) is 1.14. The van der Waals surface area contributed by atoms with Crippen LogP contribution in [-0.4, -0.2) is 9.97 Å². The molecule has 0 saturated heterocycles. The van der Waals surface area contributed by atoms with Crippen LogP contribution >= 0.6 is 11.3 Å². The number of nitrogens with zero attached hydrogens (tertiary/aromatic N) is 2. The fraction of sp³-hybridized carbons (Fsp3) is 0.0698. The molecule has 9 aromatic rings. The zero-order chi connectivity index (χ0) is 46.9. The van der Waals surface area contributed by atoms with E-state index in [1.807, 2.05) is 0 Å². The summed E-state index contributed by atoms with van der Waals surface area (Å²) >= 11 is 0.803. The molecule has 6 aromatic carbocycles. The van der Waals surface area contributed by atoms with E-state index in [9.17, 15) is 2.74 Å². The van der Waals surface area contributed by atoms with Crippen LogP contribution in [0.5, 0.6) is 0 Å². The maximum atomic E-state index is 9.55. The van der Waals surface area contributed by atoms with E-state index in [0.717, 1.165) is 17.7 Å². The largest absolute Gasteiger partial charge is 0.452 e. The molecule has 222 valence electrons. The van der Waals surface area contributed by atoms with Gasteiger partial charge in [-0.15, -0.1) is 11.3 Å². The van der Waals surface area contributed by atoms with Crippen LogP contribution < -0.4 is 0 Å². The Labute approximate surface area is 301 Å². The van der Waals surface area contributed by atoms with E-state index >= 15 is 0 Å². The number of fused-ring (bicyclic) bond motifs is 9. The van der Waals surface area contributed by atoms with E-state index in [0.29, 0.717) is 10.9 Å². The number of thiophene rings is 1. The van der Waals surface area contributed by atoms with Crippen molar-refractivity contribution in [3.8, 4) is 44.6 Å². The highest BCUT2D eigenvalue weighted by molar-refractivity contribution is 7.26. The second kappa shape index (κ2) is 9.71. The average Bonchev–Trinajstić information content (AvgIpc) is 3.93. The Morgan fingerprint density at radius 1 is 0.638 bits per heavy atom. The van der Waals surface area contributed by atoms with Crippen LogP contribution in [-0.2, 0) is 5.41 Å². The maximum absolute atomic E-state index is 9.55. The van der Waals surface area contributed by atoms with Gasteiger partial charge < -0.3 is 4.42 Å². The third-order valence-corrected chi connectivity index (χ3v) is 9.71. The summed E-state index contributed by atoms with van der Waals surface area (Å²) in [5.41, 5.74) is -0.870. The molecule has 0 N–H and O–H groups in total. The predicted molar refractivity (Wildman–Crippen MR) is 196 cm³/mol. The van der Waals surface area contributed by atoms with Gasteiger partial charge in [0, 0.05) is 36.5 Å². The summed E-state index contributed by atoms with van der Waals surface area (Å²) in [5.74, 6) is 0. The van der Waals surface area contributed by atoms with E-state index in [1.54, 1.807) is 32.0 Å². The number of hydrogen-bond donors (Lipinski definition) is 0.